The van der Waals surface area contributed by atoms with Gasteiger partial charge in [-0.05, 0) is 94.4 Å². The van der Waals surface area contributed by atoms with Crippen molar-refractivity contribution in [1.82, 2.24) is 29.2 Å². The first-order valence-corrected chi connectivity index (χ1v) is 17.8. The van der Waals surface area contributed by atoms with Crippen LogP contribution in [0.15, 0.2) is 41.2 Å². The van der Waals surface area contributed by atoms with Gasteiger partial charge in [0.15, 0.2) is 0 Å². The van der Waals surface area contributed by atoms with Crippen LogP contribution in [-0.4, -0.2) is 106 Å². The minimum atomic E-state index is -0.482. The number of hydrogen-bond donors (Lipinski definition) is 2. The van der Waals surface area contributed by atoms with Gasteiger partial charge in [0, 0.05) is 57.8 Å². The number of nitrogens with one attached hydrogen (secondary N) is 1. The van der Waals surface area contributed by atoms with Crippen molar-refractivity contribution >= 4 is 40.1 Å². The Bertz CT molecular complexity index is 1620. The molecule has 3 aliphatic rings. The molecule has 3 aromatic rings. The zero-order valence-electron chi connectivity index (χ0n) is 27.9. The molecule has 0 unspecified atom stereocenters. The number of aromatic nitrogens is 2. The van der Waals surface area contributed by atoms with Crippen molar-refractivity contribution < 1.29 is 9.59 Å². The summed E-state index contributed by atoms with van der Waals surface area (Å²) in [6.07, 6.45) is 5.83. The number of para-hydroxylation sites is 2. The molecule has 3 fully saturated rings. The molecule has 0 spiro atoms. The molecule has 1 atom stereocenters. The highest BCUT2D eigenvalue weighted by atomic mass is 35.5. The third-order valence-electron chi connectivity index (χ3n) is 10.8. The first-order valence-electron chi connectivity index (χ1n) is 17.5. The summed E-state index contributed by atoms with van der Waals surface area (Å²) in [6, 6.07) is 12.2. The van der Waals surface area contributed by atoms with E-state index in [4.69, 9.17) is 17.3 Å². The Hall–Kier alpha value is -3.34. The molecule has 47 heavy (non-hydrogen) atoms. The smallest absolute Gasteiger partial charge is 0.326 e. The van der Waals surface area contributed by atoms with Crippen LogP contribution in [0.2, 0.25) is 5.02 Å². The highest BCUT2D eigenvalue weighted by Gasteiger charge is 2.34. The van der Waals surface area contributed by atoms with E-state index >= 15 is 0 Å². The second-order valence-electron chi connectivity index (χ2n) is 13.8. The lowest BCUT2D eigenvalue weighted by atomic mass is 9.91. The normalized spacial score (nSPS) is 20.1. The number of anilines is 1. The van der Waals surface area contributed by atoms with E-state index in [0.29, 0.717) is 62.2 Å². The molecular formula is C36H50ClN7O3. The SMILES string of the molecule is CCc1cc(C[C@@H](CC(=O)N2CCC(n3c(=O)[nH]c4ccccc43)CC2)C(=O)N2CCC(N3CCCN(C)CC3)CC2)cc(Cl)c1N. The van der Waals surface area contributed by atoms with E-state index in [1.54, 1.807) is 0 Å². The Morgan fingerprint density at radius 2 is 1.64 bits per heavy atom. The minimum Gasteiger partial charge on any atom is -0.397 e. The standard InChI is InChI=1S/C36H50ClN7O3/c1-3-26-21-25(23-30(37)34(26)38)22-27(35(46)43-17-9-28(10-18-43)41-14-6-13-40(2)19-20-41)24-33(45)42-15-11-29(12-16-42)44-32-8-5-4-7-31(32)39-36(44)47/h4-5,7-8,21,23,27-29H,3,6,9-20,22,24,38H2,1-2H3,(H,39,47)/t27-/m0/s1. The van der Waals surface area contributed by atoms with Crippen LogP contribution in [0.5, 0.6) is 0 Å². The van der Waals surface area contributed by atoms with Crippen molar-refractivity contribution in [1.29, 1.82) is 0 Å². The van der Waals surface area contributed by atoms with Crippen LogP contribution in [0.1, 0.15) is 62.6 Å². The molecule has 3 saturated heterocycles. The maximum Gasteiger partial charge on any atom is 0.326 e. The third-order valence-corrected chi connectivity index (χ3v) is 11.1. The summed E-state index contributed by atoms with van der Waals surface area (Å²) in [6.45, 7) is 9.00. The number of likely N-dealkylation sites (N-methyl/N-ethyl adjacent to an activating group) is 1. The predicted molar refractivity (Wildman–Crippen MR) is 188 cm³/mol. The zero-order chi connectivity index (χ0) is 33.1. The Labute approximate surface area is 282 Å². The highest BCUT2D eigenvalue weighted by Crippen LogP contribution is 2.30. The number of nitrogens with zero attached hydrogens (tertiary/aromatic N) is 5. The van der Waals surface area contributed by atoms with E-state index in [1.807, 2.05) is 57.7 Å². The van der Waals surface area contributed by atoms with Crippen molar-refractivity contribution in [3.63, 3.8) is 0 Å². The lowest BCUT2D eigenvalue weighted by Gasteiger charge is -2.39. The topological polar surface area (TPSA) is 111 Å². The molecule has 2 aromatic carbocycles. The van der Waals surface area contributed by atoms with Crippen LogP contribution in [0.4, 0.5) is 5.69 Å². The van der Waals surface area contributed by atoms with E-state index in [2.05, 4.69) is 21.8 Å². The number of piperidine rings is 2. The molecular weight excluding hydrogens is 614 g/mol. The van der Waals surface area contributed by atoms with Gasteiger partial charge in [0.1, 0.15) is 0 Å². The number of benzene rings is 2. The van der Waals surface area contributed by atoms with Crippen LogP contribution >= 0.6 is 11.6 Å². The van der Waals surface area contributed by atoms with Gasteiger partial charge in [-0.15, -0.1) is 0 Å². The average Bonchev–Trinajstić information content (AvgIpc) is 3.26. The van der Waals surface area contributed by atoms with Gasteiger partial charge in [-0.25, -0.2) is 4.79 Å². The Kier molecular flexibility index (Phi) is 10.6. The third kappa shape index (κ3) is 7.55. The van der Waals surface area contributed by atoms with E-state index in [9.17, 15) is 14.4 Å². The second-order valence-corrected chi connectivity index (χ2v) is 14.2. The van der Waals surface area contributed by atoms with Crippen molar-refractivity contribution in [3.8, 4) is 0 Å². The molecule has 0 radical (unpaired) electrons. The van der Waals surface area contributed by atoms with Crippen LogP contribution in [0, 0.1) is 5.92 Å². The second kappa shape index (κ2) is 14.8. The number of likely N-dealkylation sites (tertiary alicyclic amines) is 2. The van der Waals surface area contributed by atoms with Crippen LogP contribution in [0.25, 0.3) is 11.0 Å². The van der Waals surface area contributed by atoms with Gasteiger partial charge < -0.3 is 25.4 Å². The van der Waals surface area contributed by atoms with Crippen LogP contribution < -0.4 is 11.4 Å². The van der Waals surface area contributed by atoms with Gasteiger partial charge >= 0.3 is 5.69 Å². The number of halogens is 1. The van der Waals surface area contributed by atoms with E-state index in [-0.39, 0.29) is 30.0 Å². The first kappa shape index (κ1) is 33.6. The zero-order valence-corrected chi connectivity index (χ0v) is 28.7. The van der Waals surface area contributed by atoms with Gasteiger partial charge in [-0.2, -0.15) is 0 Å². The van der Waals surface area contributed by atoms with Crippen molar-refractivity contribution in [2.45, 2.75) is 70.4 Å². The van der Waals surface area contributed by atoms with Gasteiger partial charge in [-0.1, -0.05) is 36.7 Å². The number of hydrogen-bond acceptors (Lipinski definition) is 6. The molecule has 3 aliphatic heterocycles. The maximum atomic E-state index is 14.2. The van der Waals surface area contributed by atoms with Gasteiger partial charge in [0.25, 0.3) is 0 Å². The Morgan fingerprint density at radius 1 is 0.936 bits per heavy atom. The van der Waals surface area contributed by atoms with E-state index in [0.717, 1.165) is 67.6 Å². The number of imidazole rings is 1. The monoisotopic (exact) mass is 663 g/mol. The molecule has 0 saturated carbocycles. The summed E-state index contributed by atoms with van der Waals surface area (Å²) < 4.78 is 1.84. The molecule has 1 aromatic heterocycles. The number of carbonyl (C=O) groups excluding carboxylic acids is 2. The Morgan fingerprint density at radius 3 is 2.38 bits per heavy atom. The van der Waals surface area contributed by atoms with Crippen molar-refractivity contribution in [2.24, 2.45) is 5.92 Å². The molecule has 3 N–H and O–H groups in total. The summed E-state index contributed by atoms with van der Waals surface area (Å²) >= 11 is 6.52. The highest BCUT2D eigenvalue weighted by molar-refractivity contribution is 6.33. The number of H-pyrrole nitrogens is 1. The summed E-state index contributed by atoms with van der Waals surface area (Å²) in [5.41, 5.74) is 10.3. The molecule has 254 valence electrons. The molecule has 2 amide bonds. The van der Waals surface area contributed by atoms with Crippen molar-refractivity contribution in [2.75, 3.05) is 65.1 Å². The number of amides is 2. The molecule has 0 bridgehead atoms. The molecule has 4 heterocycles. The number of fused-ring (bicyclic) bond motifs is 1. The Balaban J connectivity index is 1.13. The fraction of sp³-hybridized carbons (Fsp3) is 0.583. The lowest BCUT2D eigenvalue weighted by molar-refractivity contribution is -0.143. The molecule has 10 nitrogen and oxygen atoms in total. The van der Waals surface area contributed by atoms with Gasteiger partial charge in [0.2, 0.25) is 11.8 Å². The van der Waals surface area contributed by atoms with Crippen LogP contribution in [0.3, 0.4) is 0 Å². The number of carbonyl (C=O) groups is 2. The summed E-state index contributed by atoms with van der Waals surface area (Å²) in [4.78, 5) is 52.7. The predicted octanol–water partition coefficient (Wildman–Crippen LogP) is 4.17. The number of rotatable bonds is 8. The minimum absolute atomic E-state index is 0.00565. The molecule has 6 rings (SSSR count). The fourth-order valence-corrected chi connectivity index (χ4v) is 8.23. The van der Waals surface area contributed by atoms with E-state index in [1.165, 1.54) is 6.42 Å². The number of aromatic amines is 1. The summed E-state index contributed by atoms with van der Waals surface area (Å²) in [7, 11) is 2.19. The molecule has 0 aliphatic carbocycles. The van der Waals surface area contributed by atoms with Gasteiger partial charge in [-0.3, -0.25) is 19.1 Å². The number of aryl methyl sites for hydroxylation is 1. The number of nitrogen functional groups attached to an aromatic ring is 1. The first-order chi connectivity index (χ1) is 22.7. The lowest BCUT2D eigenvalue weighted by Crippen LogP contribution is -2.50. The molecule has 11 heteroatoms. The van der Waals surface area contributed by atoms with Gasteiger partial charge in [0.05, 0.1) is 27.7 Å². The average molecular weight is 664 g/mol. The quantitative estimate of drug-likeness (QED) is 0.350. The maximum absolute atomic E-state index is 14.2. The fourth-order valence-electron chi connectivity index (χ4n) is 7.97. The summed E-state index contributed by atoms with van der Waals surface area (Å²) in [5.74, 6) is -0.434. The van der Waals surface area contributed by atoms with E-state index < -0.39 is 5.92 Å². The largest absolute Gasteiger partial charge is 0.397 e. The van der Waals surface area contributed by atoms with Crippen LogP contribution in [-0.2, 0) is 22.4 Å². The summed E-state index contributed by atoms with van der Waals surface area (Å²) in [5, 5.41) is 0.496. The number of nitrogens with two attached hydrogens (primary N) is 1. The van der Waals surface area contributed by atoms with Crippen molar-refractivity contribution in [3.05, 3.63) is 63.0 Å².